The van der Waals surface area contributed by atoms with Crippen LogP contribution in [0.2, 0.25) is 0 Å². The summed E-state index contributed by atoms with van der Waals surface area (Å²) in [5, 5.41) is 0. The van der Waals surface area contributed by atoms with Gasteiger partial charge in [0.1, 0.15) is 11.0 Å². The second kappa shape index (κ2) is 6.14. The zero-order valence-electron chi connectivity index (χ0n) is 12.8. The van der Waals surface area contributed by atoms with Gasteiger partial charge in [0.05, 0.1) is 29.4 Å². The van der Waals surface area contributed by atoms with Crippen LogP contribution in [0.25, 0.3) is 0 Å². The minimum absolute atomic E-state index is 0.351. The van der Waals surface area contributed by atoms with Gasteiger partial charge in [0.15, 0.2) is 0 Å². The second-order valence-corrected chi connectivity index (χ2v) is 7.12. The lowest BCUT2D eigenvalue weighted by Crippen LogP contribution is -2.32. The van der Waals surface area contributed by atoms with Gasteiger partial charge >= 0.3 is 0 Å². The molecule has 0 radical (unpaired) electrons. The van der Waals surface area contributed by atoms with Crippen molar-refractivity contribution in [2.75, 3.05) is 6.54 Å². The predicted molar refractivity (Wildman–Crippen MR) is 87.6 cm³/mol. The van der Waals surface area contributed by atoms with Crippen molar-refractivity contribution in [3.8, 4) is 0 Å². The highest BCUT2D eigenvalue weighted by atomic mass is 32.2. The highest BCUT2D eigenvalue weighted by Gasteiger charge is 2.44. The fourth-order valence-electron chi connectivity index (χ4n) is 2.90. The molecule has 0 spiro atoms. The molecule has 6 heteroatoms. The second-order valence-electron chi connectivity index (χ2n) is 5.68. The Labute approximate surface area is 137 Å². The maximum absolute atomic E-state index is 13.0. The summed E-state index contributed by atoms with van der Waals surface area (Å²) in [4.78, 5) is 12.6. The number of carbonyl (C=O) groups is 1. The lowest BCUT2D eigenvalue weighted by Gasteiger charge is -2.24. The van der Waals surface area contributed by atoms with Gasteiger partial charge in [-0.3, -0.25) is 4.79 Å². The number of carbonyl (C=O) groups excluding carboxylic acids is 1. The standard InChI is InChI=1S/C17H18N2O3S/c1-11-3-5-14(6-4-11)23(21)19-9-12(2)15(17(18)20)16(19)13-7-8-22-10-13/h3-8,10,15-16H,2,9H2,1H3,(H2,18,20)/t15-,16+,23?/m1/s1. The van der Waals surface area contributed by atoms with Crippen LogP contribution < -0.4 is 5.73 Å². The molecule has 1 aromatic carbocycles. The van der Waals surface area contributed by atoms with Crippen LogP contribution in [-0.4, -0.2) is 21.0 Å². The smallest absolute Gasteiger partial charge is 0.226 e. The topological polar surface area (TPSA) is 76.5 Å². The first-order valence-corrected chi connectivity index (χ1v) is 8.34. The van der Waals surface area contributed by atoms with Crippen LogP contribution in [0, 0.1) is 12.8 Å². The van der Waals surface area contributed by atoms with Gasteiger partial charge in [-0.05, 0) is 30.7 Å². The van der Waals surface area contributed by atoms with Crippen molar-refractivity contribution in [2.24, 2.45) is 11.7 Å². The summed E-state index contributed by atoms with van der Waals surface area (Å²) in [5.41, 5.74) is 8.09. The maximum Gasteiger partial charge on any atom is 0.226 e. The van der Waals surface area contributed by atoms with Gasteiger partial charge in [-0.25, -0.2) is 8.51 Å². The number of nitrogens with zero attached hydrogens (tertiary/aromatic N) is 1. The number of aryl methyl sites for hydroxylation is 1. The van der Waals surface area contributed by atoms with Crippen LogP contribution in [0.4, 0.5) is 0 Å². The van der Waals surface area contributed by atoms with Gasteiger partial charge in [-0.1, -0.05) is 24.3 Å². The Morgan fingerprint density at radius 3 is 2.61 bits per heavy atom. The molecule has 3 rings (SSSR count). The third-order valence-corrected chi connectivity index (χ3v) is 5.51. The average Bonchev–Trinajstić information content (AvgIpc) is 3.14. The molecule has 1 unspecified atom stereocenters. The van der Waals surface area contributed by atoms with E-state index in [4.69, 9.17) is 10.2 Å². The number of primary amides is 1. The van der Waals surface area contributed by atoms with Gasteiger partial charge in [-0.15, -0.1) is 0 Å². The zero-order valence-corrected chi connectivity index (χ0v) is 13.6. The quantitative estimate of drug-likeness (QED) is 0.874. The summed E-state index contributed by atoms with van der Waals surface area (Å²) in [5.74, 6) is -1.05. The molecule has 0 saturated carbocycles. The van der Waals surface area contributed by atoms with Crippen LogP contribution in [0.15, 0.2) is 64.3 Å². The van der Waals surface area contributed by atoms with Crippen LogP contribution in [-0.2, 0) is 15.8 Å². The number of rotatable bonds is 4. The Morgan fingerprint density at radius 1 is 1.35 bits per heavy atom. The number of hydrogen-bond donors (Lipinski definition) is 1. The summed E-state index contributed by atoms with van der Waals surface area (Å²) >= 11 is 0. The Bertz CT molecular complexity index is 753. The van der Waals surface area contributed by atoms with Crippen molar-refractivity contribution in [1.82, 2.24) is 4.31 Å². The fraction of sp³-hybridized carbons (Fsp3) is 0.235. The Hall–Kier alpha value is -2.18. The van der Waals surface area contributed by atoms with Crippen molar-refractivity contribution < 1.29 is 13.4 Å². The van der Waals surface area contributed by atoms with E-state index in [2.05, 4.69) is 6.58 Å². The summed E-state index contributed by atoms with van der Waals surface area (Å²) in [6.45, 7) is 6.27. The van der Waals surface area contributed by atoms with Crippen molar-refractivity contribution >= 4 is 16.9 Å². The first kappa shape index (κ1) is 15.7. The summed E-state index contributed by atoms with van der Waals surface area (Å²) in [7, 11) is -1.42. The van der Waals surface area contributed by atoms with Crippen molar-refractivity contribution in [1.29, 1.82) is 0 Å². The van der Waals surface area contributed by atoms with E-state index in [1.165, 1.54) is 6.26 Å². The highest BCUT2D eigenvalue weighted by Crippen LogP contribution is 2.42. The number of amides is 1. The number of nitrogens with two attached hydrogens (primary N) is 1. The number of hydrogen-bond acceptors (Lipinski definition) is 3. The summed E-state index contributed by atoms with van der Waals surface area (Å²) in [6.07, 6.45) is 3.08. The van der Waals surface area contributed by atoms with E-state index in [9.17, 15) is 9.00 Å². The van der Waals surface area contributed by atoms with E-state index in [0.29, 0.717) is 17.0 Å². The zero-order chi connectivity index (χ0) is 16.6. The van der Waals surface area contributed by atoms with E-state index >= 15 is 0 Å². The number of benzene rings is 1. The minimum atomic E-state index is -1.42. The third kappa shape index (κ3) is 2.87. The monoisotopic (exact) mass is 330 g/mol. The molecule has 2 heterocycles. The Balaban J connectivity index is 1.99. The first-order valence-electron chi connectivity index (χ1n) is 7.23. The normalized spacial score (nSPS) is 23.1. The molecular formula is C17H18N2O3S. The van der Waals surface area contributed by atoms with E-state index in [1.807, 2.05) is 31.2 Å². The van der Waals surface area contributed by atoms with E-state index in [-0.39, 0.29) is 0 Å². The van der Waals surface area contributed by atoms with Crippen LogP contribution in [0.5, 0.6) is 0 Å². The predicted octanol–water partition coefficient (Wildman–Crippen LogP) is 2.33. The Kier molecular flexibility index (Phi) is 4.19. The highest BCUT2D eigenvalue weighted by molar-refractivity contribution is 7.82. The number of furan rings is 1. The van der Waals surface area contributed by atoms with Gasteiger partial charge in [-0.2, -0.15) is 0 Å². The summed E-state index contributed by atoms with van der Waals surface area (Å²) < 4.78 is 19.9. The molecule has 1 fully saturated rings. The van der Waals surface area contributed by atoms with Crippen LogP contribution >= 0.6 is 0 Å². The molecule has 1 aliphatic heterocycles. The molecule has 120 valence electrons. The van der Waals surface area contributed by atoms with E-state index < -0.39 is 28.9 Å². The molecule has 1 aliphatic rings. The van der Waals surface area contributed by atoms with Crippen molar-refractivity contribution in [2.45, 2.75) is 17.9 Å². The van der Waals surface area contributed by atoms with Gasteiger partial charge in [0.25, 0.3) is 0 Å². The van der Waals surface area contributed by atoms with Crippen molar-refractivity contribution in [3.05, 3.63) is 66.1 Å². The largest absolute Gasteiger partial charge is 0.472 e. The molecule has 3 atom stereocenters. The SMILES string of the molecule is C=C1CN(S(=O)c2ccc(C)cc2)[C@@H](c2ccoc2)[C@@H]1C(N)=O. The fourth-order valence-corrected chi connectivity index (χ4v) is 4.27. The minimum Gasteiger partial charge on any atom is -0.472 e. The van der Waals surface area contributed by atoms with Crippen LogP contribution in [0.3, 0.4) is 0 Å². The van der Waals surface area contributed by atoms with Gasteiger partial charge < -0.3 is 10.2 Å². The maximum atomic E-state index is 13.0. The Morgan fingerprint density at radius 2 is 2.04 bits per heavy atom. The molecule has 0 aliphatic carbocycles. The first-order chi connectivity index (χ1) is 11.0. The lowest BCUT2D eigenvalue weighted by atomic mass is 9.93. The summed E-state index contributed by atoms with van der Waals surface area (Å²) in [6, 6.07) is 8.82. The van der Waals surface area contributed by atoms with E-state index in [0.717, 1.165) is 11.1 Å². The molecule has 2 N–H and O–H groups in total. The van der Waals surface area contributed by atoms with Crippen molar-refractivity contribution in [3.63, 3.8) is 0 Å². The molecule has 1 amide bonds. The van der Waals surface area contributed by atoms with Gasteiger partial charge in [0, 0.05) is 12.1 Å². The van der Waals surface area contributed by atoms with Crippen LogP contribution in [0.1, 0.15) is 17.2 Å². The van der Waals surface area contributed by atoms with Gasteiger partial charge in [0.2, 0.25) is 5.91 Å². The lowest BCUT2D eigenvalue weighted by molar-refractivity contribution is -0.121. The molecule has 1 aromatic heterocycles. The molecule has 1 saturated heterocycles. The molecule has 0 bridgehead atoms. The molecule has 2 aromatic rings. The molecule has 23 heavy (non-hydrogen) atoms. The molecular weight excluding hydrogens is 312 g/mol. The van der Waals surface area contributed by atoms with E-state index in [1.54, 1.807) is 16.6 Å². The molecule has 5 nitrogen and oxygen atoms in total. The third-order valence-electron chi connectivity index (χ3n) is 4.05. The average molecular weight is 330 g/mol.